The van der Waals surface area contributed by atoms with Gasteiger partial charge in [-0.15, -0.1) is 0 Å². The molecule has 1 aromatic carbocycles. The van der Waals surface area contributed by atoms with Crippen molar-refractivity contribution in [2.45, 2.75) is 13.5 Å². The molecular weight excluding hydrogens is 202 g/mol. The van der Waals surface area contributed by atoms with E-state index in [9.17, 15) is 4.79 Å². The predicted molar refractivity (Wildman–Crippen MR) is 65.2 cm³/mol. The summed E-state index contributed by atoms with van der Waals surface area (Å²) in [6, 6.07) is 7.87. The average Bonchev–Trinajstić information content (AvgIpc) is 2.26. The smallest absolute Gasteiger partial charge is 0.256 e. The molecule has 0 amide bonds. The molecule has 16 heavy (non-hydrogen) atoms. The lowest BCUT2D eigenvalue weighted by Crippen LogP contribution is -2.28. The molecule has 1 heterocycles. The lowest BCUT2D eigenvalue weighted by molar-refractivity contribution is 0.588. The van der Waals surface area contributed by atoms with Gasteiger partial charge in [-0.1, -0.05) is 18.2 Å². The highest BCUT2D eigenvalue weighted by Gasteiger charge is 2.03. The minimum absolute atomic E-state index is 0.0245. The summed E-state index contributed by atoms with van der Waals surface area (Å²) in [6.07, 6.45) is 0. The van der Waals surface area contributed by atoms with E-state index in [1.807, 2.05) is 31.2 Å². The standard InChI is InChI=1S/C12H15N3O/c1-8-4-3-5-9-6-10(7-14-13-2)15-12(16)11(8)9/h3-6,13-14H,7H2,1-2H3,(H,15,16). The summed E-state index contributed by atoms with van der Waals surface area (Å²) >= 11 is 0. The number of pyridine rings is 1. The van der Waals surface area contributed by atoms with Crippen LogP contribution in [0.3, 0.4) is 0 Å². The summed E-state index contributed by atoms with van der Waals surface area (Å²) in [5.41, 5.74) is 7.63. The van der Waals surface area contributed by atoms with Gasteiger partial charge in [0.2, 0.25) is 0 Å². The van der Waals surface area contributed by atoms with E-state index in [4.69, 9.17) is 0 Å². The van der Waals surface area contributed by atoms with Gasteiger partial charge >= 0.3 is 0 Å². The topological polar surface area (TPSA) is 56.9 Å². The number of hydrogen-bond acceptors (Lipinski definition) is 3. The highest BCUT2D eigenvalue weighted by Crippen LogP contribution is 2.14. The Balaban J connectivity index is 2.55. The highest BCUT2D eigenvalue weighted by atomic mass is 16.1. The van der Waals surface area contributed by atoms with Crippen molar-refractivity contribution >= 4 is 10.8 Å². The number of rotatable bonds is 3. The van der Waals surface area contributed by atoms with Crippen molar-refractivity contribution in [1.82, 2.24) is 15.8 Å². The molecule has 0 saturated heterocycles. The summed E-state index contributed by atoms with van der Waals surface area (Å²) in [6.45, 7) is 2.54. The van der Waals surface area contributed by atoms with E-state index in [0.717, 1.165) is 22.0 Å². The number of hydrogen-bond donors (Lipinski definition) is 3. The largest absolute Gasteiger partial charge is 0.324 e. The number of aromatic amines is 1. The molecule has 0 aliphatic heterocycles. The van der Waals surface area contributed by atoms with Gasteiger partial charge in [0.25, 0.3) is 5.56 Å². The number of benzene rings is 1. The molecule has 0 bridgehead atoms. The van der Waals surface area contributed by atoms with Gasteiger partial charge in [-0.05, 0) is 31.0 Å². The van der Waals surface area contributed by atoms with E-state index in [1.165, 1.54) is 0 Å². The van der Waals surface area contributed by atoms with Gasteiger partial charge in [0.1, 0.15) is 0 Å². The minimum atomic E-state index is -0.0245. The van der Waals surface area contributed by atoms with Crippen LogP contribution in [0.1, 0.15) is 11.3 Å². The molecular formula is C12H15N3O. The Labute approximate surface area is 93.7 Å². The Kier molecular flexibility index (Phi) is 3.03. The predicted octanol–water partition coefficient (Wildman–Crippen LogP) is 1.06. The second kappa shape index (κ2) is 4.47. The fourth-order valence-corrected chi connectivity index (χ4v) is 1.83. The van der Waals surface area contributed by atoms with Gasteiger partial charge in [-0.25, -0.2) is 0 Å². The van der Waals surface area contributed by atoms with Crippen LogP contribution < -0.4 is 16.4 Å². The Morgan fingerprint density at radius 2 is 2.19 bits per heavy atom. The van der Waals surface area contributed by atoms with Crippen molar-refractivity contribution in [3.8, 4) is 0 Å². The van der Waals surface area contributed by atoms with E-state index in [0.29, 0.717) is 6.54 Å². The monoisotopic (exact) mass is 217 g/mol. The molecule has 2 aromatic rings. The maximum Gasteiger partial charge on any atom is 0.256 e. The molecule has 0 fully saturated rings. The third kappa shape index (κ3) is 1.98. The zero-order chi connectivity index (χ0) is 11.5. The molecule has 0 aliphatic carbocycles. The second-order valence-electron chi connectivity index (χ2n) is 3.77. The van der Waals surface area contributed by atoms with Crippen LogP contribution in [-0.4, -0.2) is 12.0 Å². The maximum atomic E-state index is 11.9. The van der Waals surface area contributed by atoms with Gasteiger partial charge in [-0.2, -0.15) is 0 Å². The van der Waals surface area contributed by atoms with Crippen LogP contribution >= 0.6 is 0 Å². The molecule has 0 atom stereocenters. The third-order valence-electron chi connectivity index (χ3n) is 2.59. The van der Waals surface area contributed by atoms with E-state index in [2.05, 4.69) is 15.8 Å². The third-order valence-corrected chi connectivity index (χ3v) is 2.59. The molecule has 1 aromatic heterocycles. The number of fused-ring (bicyclic) bond motifs is 1. The Morgan fingerprint density at radius 1 is 1.38 bits per heavy atom. The van der Waals surface area contributed by atoms with Crippen LogP contribution in [0.25, 0.3) is 10.8 Å². The number of aromatic nitrogens is 1. The van der Waals surface area contributed by atoms with E-state index in [1.54, 1.807) is 7.05 Å². The summed E-state index contributed by atoms with van der Waals surface area (Å²) in [5.74, 6) is 0. The molecule has 84 valence electrons. The maximum absolute atomic E-state index is 11.9. The fourth-order valence-electron chi connectivity index (χ4n) is 1.83. The van der Waals surface area contributed by atoms with E-state index in [-0.39, 0.29) is 5.56 Å². The first-order valence-electron chi connectivity index (χ1n) is 5.23. The van der Waals surface area contributed by atoms with Crippen molar-refractivity contribution in [1.29, 1.82) is 0 Å². The zero-order valence-electron chi connectivity index (χ0n) is 9.42. The number of H-pyrrole nitrogens is 1. The van der Waals surface area contributed by atoms with Crippen molar-refractivity contribution in [2.24, 2.45) is 0 Å². The minimum Gasteiger partial charge on any atom is -0.324 e. The van der Waals surface area contributed by atoms with Crippen molar-refractivity contribution in [3.05, 3.63) is 45.9 Å². The van der Waals surface area contributed by atoms with Gasteiger partial charge in [0.05, 0.1) is 6.54 Å². The summed E-state index contributed by atoms with van der Waals surface area (Å²) < 4.78 is 0. The Bertz CT molecular complexity index is 560. The normalized spacial score (nSPS) is 10.9. The molecule has 2 rings (SSSR count). The van der Waals surface area contributed by atoms with Gasteiger partial charge in [0, 0.05) is 11.1 Å². The summed E-state index contributed by atoms with van der Waals surface area (Å²) in [4.78, 5) is 14.7. The summed E-state index contributed by atoms with van der Waals surface area (Å²) in [5, 5.41) is 1.76. The van der Waals surface area contributed by atoms with Crippen molar-refractivity contribution < 1.29 is 0 Å². The van der Waals surface area contributed by atoms with Crippen LogP contribution in [0, 0.1) is 6.92 Å². The van der Waals surface area contributed by atoms with Crippen molar-refractivity contribution in [2.75, 3.05) is 7.05 Å². The van der Waals surface area contributed by atoms with Crippen LogP contribution in [0.4, 0.5) is 0 Å². The first-order valence-corrected chi connectivity index (χ1v) is 5.23. The molecule has 0 spiro atoms. The van der Waals surface area contributed by atoms with E-state index >= 15 is 0 Å². The molecule has 0 unspecified atom stereocenters. The van der Waals surface area contributed by atoms with Crippen LogP contribution in [0.5, 0.6) is 0 Å². The fraction of sp³-hybridized carbons (Fsp3) is 0.250. The van der Waals surface area contributed by atoms with Crippen LogP contribution in [0.2, 0.25) is 0 Å². The second-order valence-corrected chi connectivity index (χ2v) is 3.77. The van der Waals surface area contributed by atoms with Crippen LogP contribution in [-0.2, 0) is 6.54 Å². The quantitative estimate of drug-likeness (QED) is 0.674. The highest BCUT2D eigenvalue weighted by molar-refractivity contribution is 5.84. The molecule has 0 aliphatic rings. The first kappa shape index (κ1) is 10.9. The molecule has 3 N–H and O–H groups in total. The van der Waals surface area contributed by atoms with Gasteiger partial charge in [0.15, 0.2) is 0 Å². The molecule has 4 heteroatoms. The molecule has 0 radical (unpaired) electrons. The average molecular weight is 217 g/mol. The van der Waals surface area contributed by atoms with Gasteiger partial charge < -0.3 is 4.98 Å². The zero-order valence-corrected chi connectivity index (χ0v) is 9.42. The van der Waals surface area contributed by atoms with Gasteiger partial charge in [-0.3, -0.25) is 15.6 Å². The Hall–Kier alpha value is -1.65. The Morgan fingerprint density at radius 3 is 2.94 bits per heavy atom. The van der Waals surface area contributed by atoms with E-state index < -0.39 is 0 Å². The number of hydrazine groups is 1. The lowest BCUT2D eigenvalue weighted by atomic mass is 10.1. The molecule has 4 nitrogen and oxygen atoms in total. The summed E-state index contributed by atoms with van der Waals surface area (Å²) in [7, 11) is 1.79. The molecule has 0 saturated carbocycles. The number of aryl methyl sites for hydroxylation is 1. The number of nitrogens with one attached hydrogen (secondary N) is 3. The van der Waals surface area contributed by atoms with Crippen molar-refractivity contribution in [3.63, 3.8) is 0 Å². The first-order chi connectivity index (χ1) is 7.72. The lowest BCUT2D eigenvalue weighted by Gasteiger charge is -2.06. The van der Waals surface area contributed by atoms with Crippen LogP contribution in [0.15, 0.2) is 29.1 Å². The SMILES string of the molecule is CNNCc1cc2cccc(C)c2c(=O)[nH]1.